The second-order valence-corrected chi connectivity index (χ2v) is 6.02. The first kappa shape index (κ1) is 12.4. The summed E-state index contributed by atoms with van der Waals surface area (Å²) in [5.74, 6) is 0.825. The fraction of sp³-hybridized carbons (Fsp3) is 0.0714. The predicted octanol–water partition coefficient (Wildman–Crippen LogP) is 4.57. The Hall–Kier alpha value is -1.59. The molecule has 3 nitrogen and oxygen atoms in total. The molecule has 19 heavy (non-hydrogen) atoms. The van der Waals surface area contributed by atoms with Gasteiger partial charge in [-0.3, -0.25) is 4.79 Å². The maximum Gasteiger partial charge on any atom is 0.154 e. The molecule has 3 aromatic rings. The molecule has 96 valence electrons. The SMILES string of the molecule is CN(c1cc(Br)cs1)c1[nH]c2ccccc2c1C=O. The molecule has 0 aliphatic carbocycles. The minimum Gasteiger partial charge on any atom is -0.340 e. The van der Waals surface area contributed by atoms with Gasteiger partial charge < -0.3 is 9.88 Å². The molecule has 0 saturated heterocycles. The Labute approximate surface area is 123 Å². The van der Waals surface area contributed by atoms with Crippen LogP contribution in [0.5, 0.6) is 0 Å². The Kier molecular flexibility index (Phi) is 3.16. The number of nitrogens with one attached hydrogen (secondary N) is 1. The maximum absolute atomic E-state index is 11.4. The van der Waals surface area contributed by atoms with Crippen LogP contribution in [0.1, 0.15) is 10.4 Å². The monoisotopic (exact) mass is 334 g/mol. The summed E-state index contributed by atoms with van der Waals surface area (Å²) in [6, 6.07) is 9.86. The predicted molar refractivity (Wildman–Crippen MR) is 83.8 cm³/mol. The molecule has 0 unspecified atom stereocenters. The molecule has 0 aliphatic heterocycles. The number of anilines is 2. The summed E-state index contributed by atoms with van der Waals surface area (Å²) in [4.78, 5) is 16.7. The van der Waals surface area contributed by atoms with E-state index in [-0.39, 0.29) is 0 Å². The number of para-hydroxylation sites is 1. The van der Waals surface area contributed by atoms with E-state index in [4.69, 9.17) is 0 Å². The topological polar surface area (TPSA) is 36.1 Å². The average molecular weight is 335 g/mol. The highest BCUT2D eigenvalue weighted by molar-refractivity contribution is 9.10. The van der Waals surface area contributed by atoms with E-state index < -0.39 is 0 Å². The third-order valence-electron chi connectivity index (χ3n) is 3.06. The zero-order chi connectivity index (χ0) is 13.4. The molecule has 2 heterocycles. The highest BCUT2D eigenvalue weighted by Crippen LogP contribution is 2.35. The maximum atomic E-state index is 11.4. The van der Waals surface area contributed by atoms with Gasteiger partial charge in [-0.2, -0.15) is 0 Å². The Morgan fingerprint density at radius 1 is 1.37 bits per heavy atom. The van der Waals surface area contributed by atoms with Crippen molar-refractivity contribution in [2.75, 3.05) is 11.9 Å². The Bertz CT molecular complexity index is 747. The minimum absolute atomic E-state index is 0.697. The standard InChI is InChI=1S/C14H11BrN2OS/c1-17(13-6-9(15)8-19-13)14-11(7-18)10-4-2-3-5-12(10)16-14/h2-8,16H,1H3. The van der Waals surface area contributed by atoms with Crippen LogP contribution in [-0.2, 0) is 0 Å². The normalized spacial score (nSPS) is 10.8. The Balaban J connectivity index is 2.16. The van der Waals surface area contributed by atoms with Crippen molar-refractivity contribution >= 4 is 55.3 Å². The van der Waals surface area contributed by atoms with Crippen LogP contribution in [0.3, 0.4) is 0 Å². The van der Waals surface area contributed by atoms with Gasteiger partial charge in [-0.15, -0.1) is 11.3 Å². The number of nitrogens with zero attached hydrogens (tertiary/aromatic N) is 1. The first-order chi connectivity index (χ1) is 9.20. The van der Waals surface area contributed by atoms with Gasteiger partial charge in [0.25, 0.3) is 0 Å². The quantitative estimate of drug-likeness (QED) is 0.712. The lowest BCUT2D eigenvalue weighted by atomic mass is 10.2. The molecular formula is C14H11BrN2OS. The van der Waals surface area contributed by atoms with Crippen LogP contribution in [0, 0.1) is 0 Å². The molecule has 0 atom stereocenters. The second kappa shape index (κ2) is 4.83. The van der Waals surface area contributed by atoms with Crippen molar-refractivity contribution < 1.29 is 4.79 Å². The smallest absolute Gasteiger partial charge is 0.154 e. The third-order valence-corrected chi connectivity index (χ3v) is 4.83. The van der Waals surface area contributed by atoms with Gasteiger partial charge in [-0.25, -0.2) is 0 Å². The fourth-order valence-corrected chi connectivity index (χ4v) is 3.52. The van der Waals surface area contributed by atoms with Crippen molar-refractivity contribution in [1.82, 2.24) is 4.98 Å². The first-order valence-electron chi connectivity index (χ1n) is 5.74. The van der Waals surface area contributed by atoms with Crippen LogP contribution in [0.15, 0.2) is 40.2 Å². The second-order valence-electron chi connectivity index (χ2n) is 4.21. The molecule has 0 radical (unpaired) electrons. The Morgan fingerprint density at radius 2 is 2.16 bits per heavy atom. The lowest BCUT2D eigenvalue weighted by molar-refractivity contribution is 0.112. The Morgan fingerprint density at radius 3 is 2.84 bits per heavy atom. The molecule has 0 spiro atoms. The molecule has 1 aromatic carbocycles. The van der Waals surface area contributed by atoms with E-state index in [1.54, 1.807) is 11.3 Å². The van der Waals surface area contributed by atoms with Gasteiger partial charge in [0.05, 0.1) is 10.6 Å². The van der Waals surface area contributed by atoms with Crippen LogP contribution in [-0.4, -0.2) is 18.3 Å². The number of hydrogen-bond acceptors (Lipinski definition) is 3. The van der Waals surface area contributed by atoms with E-state index in [9.17, 15) is 4.79 Å². The number of aromatic amines is 1. The highest BCUT2D eigenvalue weighted by Gasteiger charge is 2.16. The number of fused-ring (bicyclic) bond motifs is 1. The third kappa shape index (κ3) is 2.09. The van der Waals surface area contributed by atoms with E-state index in [1.807, 2.05) is 47.7 Å². The summed E-state index contributed by atoms with van der Waals surface area (Å²) >= 11 is 5.07. The molecule has 5 heteroatoms. The molecule has 0 bridgehead atoms. The molecular weight excluding hydrogens is 324 g/mol. The lowest BCUT2D eigenvalue weighted by Crippen LogP contribution is -2.09. The van der Waals surface area contributed by atoms with Crippen LogP contribution in [0.25, 0.3) is 10.9 Å². The van der Waals surface area contributed by atoms with Crippen LogP contribution >= 0.6 is 27.3 Å². The summed E-state index contributed by atoms with van der Waals surface area (Å²) in [5, 5.41) is 4.05. The van der Waals surface area contributed by atoms with Crippen LogP contribution in [0.4, 0.5) is 10.8 Å². The van der Waals surface area contributed by atoms with Gasteiger partial charge in [-0.05, 0) is 28.1 Å². The van der Waals surface area contributed by atoms with E-state index in [2.05, 4.69) is 20.9 Å². The van der Waals surface area contributed by atoms with Gasteiger partial charge in [-0.1, -0.05) is 18.2 Å². The first-order valence-corrected chi connectivity index (χ1v) is 7.41. The van der Waals surface area contributed by atoms with Crippen molar-refractivity contribution in [3.63, 3.8) is 0 Å². The van der Waals surface area contributed by atoms with Crippen molar-refractivity contribution in [2.24, 2.45) is 0 Å². The van der Waals surface area contributed by atoms with Crippen LogP contribution in [0.2, 0.25) is 0 Å². The average Bonchev–Trinajstić information content (AvgIpc) is 3.01. The van der Waals surface area contributed by atoms with Crippen molar-refractivity contribution in [1.29, 1.82) is 0 Å². The van der Waals surface area contributed by atoms with Crippen molar-refractivity contribution in [3.8, 4) is 0 Å². The number of H-pyrrole nitrogens is 1. The zero-order valence-electron chi connectivity index (χ0n) is 10.2. The number of carbonyl (C=O) groups excluding carboxylic acids is 1. The van der Waals surface area contributed by atoms with Gasteiger partial charge >= 0.3 is 0 Å². The summed E-state index contributed by atoms with van der Waals surface area (Å²) in [5.41, 5.74) is 1.67. The van der Waals surface area contributed by atoms with E-state index in [0.29, 0.717) is 5.56 Å². The van der Waals surface area contributed by atoms with Gasteiger partial charge in [0.2, 0.25) is 0 Å². The van der Waals surface area contributed by atoms with Gasteiger partial charge in [0.1, 0.15) is 5.82 Å². The molecule has 3 rings (SSSR count). The van der Waals surface area contributed by atoms with Crippen molar-refractivity contribution in [3.05, 3.63) is 45.7 Å². The largest absolute Gasteiger partial charge is 0.340 e. The molecule has 0 saturated carbocycles. The van der Waals surface area contributed by atoms with Crippen LogP contribution < -0.4 is 4.90 Å². The van der Waals surface area contributed by atoms with E-state index in [1.165, 1.54) is 0 Å². The number of halogens is 1. The summed E-state index contributed by atoms with van der Waals surface area (Å²) < 4.78 is 1.04. The number of carbonyl (C=O) groups is 1. The highest BCUT2D eigenvalue weighted by atomic mass is 79.9. The molecule has 0 amide bonds. The van der Waals surface area contributed by atoms with E-state index in [0.717, 1.165) is 32.5 Å². The number of rotatable bonds is 3. The lowest BCUT2D eigenvalue weighted by Gasteiger charge is -2.15. The number of benzene rings is 1. The number of aromatic nitrogens is 1. The molecule has 2 aromatic heterocycles. The zero-order valence-corrected chi connectivity index (χ0v) is 12.6. The number of hydrogen-bond donors (Lipinski definition) is 1. The summed E-state index contributed by atoms with van der Waals surface area (Å²) in [6.45, 7) is 0. The molecule has 1 N–H and O–H groups in total. The van der Waals surface area contributed by atoms with Crippen molar-refractivity contribution in [2.45, 2.75) is 0 Å². The van der Waals surface area contributed by atoms with Gasteiger partial charge in [0, 0.05) is 27.8 Å². The summed E-state index contributed by atoms with van der Waals surface area (Å²) in [7, 11) is 1.95. The van der Waals surface area contributed by atoms with E-state index >= 15 is 0 Å². The minimum atomic E-state index is 0.697. The number of thiophene rings is 1. The fourth-order valence-electron chi connectivity index (χ4n) is 2.12. The summed E-state index contributed by atoms with van der Waals surface area (Å²) in [6.07, 6.45) is 0.910. The molecule has 0 aliphatic rings. The molecule has 0 fully saturated rings. The van der Waals surface area contributed by atoms with Gasteiger partial charge in [0.15, 0.2) is 6.29 Å². The number of aldehydes is 1.